The number of fused-ring (bicyclic) bond motifs is 1. The molecule has 0 N–H and O–H groups in total. The molecule has 1 amide bonds. The summed E-state index contributed by atoms with van der Waals surface area (Å²) >= 11 is 0. The molecule has 0 saturated carbocycles. The molecule has 0 spiro atoms. The first kappa shape index (κ1) is 14.4. The van der Waals surface area contributed by atoms with Crippen molar-refractivity contribution in [2.75, 3.05) is 11.4 Å². The summed E-state index contributed by atoms with van der Waals surface area (Å²) in [4.78, 5) is 12.4. The number of ether oxygens (including phenoxy) is 1. The Morgan fingerprint density at radius 1 is 1.09 bits per heavy atom. The highest BCUT2D eigenvalue weighted by Crippen LogP contribution is 2.36. The second kappa shape index (κ2) is 5.36. The number of hydrogen-bond acceptors (Lipinski definition) is 2. The first-order valence-corrected chi connectivity index (χ1v) is 6.61. The van der Waals surface area contributed by atoms with Crippen LogP contribution in [0.4, 0.5) is 18.9 Å². The predicted molar refractivity (Wildman–Crippen MR) is 75.3 cm³/mol. The van der Waals surface area contributed by atoms with E-state index in [1.54, 1.807) is 12.1 Å². The standard InChI is InChI=1S/C16H11F3NO2/c17-16(18,19)22-12-6-4-11(5-7-12)13-2-1-3-15-14(13)8-9-20(15)10-21/h1-7H,8-9H2. The van der Waals surface area contributed by atoms with E-state index in [0.29, 0.717) is 13.0 Å². The van der Waals surface area contributed by atoms with Crippen LogP contribution < -0.4 is 9.64 Å². The van der Waals surface area contributed by atoms with Gasteiger partial charge in [-0.1, -0.05) is 24.3 Å². The zero-order valence-corrected chi connectivity index (χ0v) is 11.4. The Morgan fingerprint density at radius 3 is 2.45 bits per heavy atom. The number of hydrogen-bond donors (Lipinski definition) is 0. The summed E-state index contributed by atoms with van der Waals surface area (Å²) in [5.74, 6) is -0.258. The van der Waals surface area contributed by atoms with E-state index >= 15 is 0 Å². The minimum absolute atomic E-state index is 0.258. The lowest BCUT2D eigenvalue weighted by Crippen LogP contribution is -2.17. The maximum Gasteiger partial charge on any atom is 0.573 e. The van der Waals surface area contributed by atoms with E-state index in [2.05, 4.69) is 4.74 Å². The van der Waals surface area contributed by atoms with Crippen LogP contribution >= 0.6 is 0 Å². The molecule has 1 aliphatic heterocycles. The monoisotopic (exact) mass is 306 g/mol. The van der Waals surface area contributed by atoms with Gasteiger partial charge in [0, 0.05) is 12.2 Å². The molecule has 3 nitrogen and oxygen atoms in total. The van der Waals surface area contributed by atoms with Crippen LogP contribution in [-0.2, 0) is 11.2 Å². The second-order valence-electron chi connectivity index (χ2n) is 4.87. The minimum atomic E-state index is -4.70. The van der Waals surface area contributed by atoms with Gasteiger partial charge in [0.25, 0.3) is 0 Å². The fourth-order valence-corrected chi connectivity index (χ4v) is 2.64. The van der Waals surface area contributed by atoms with E-state index in [4.69, 9.17) is 0 Å². The van der Waals surface area contributed by atoms with Crippen LogP contribution in [0, 0.1) is 0 Å². The maximum atomic E-state index is 12.2. The molecule has 2 aromatic rings. The van der Waals surface area contributed by atoms with Crippen molar-refractivity contribution in [3.63, 3.8) is 0 Å². The number of rotatable bonds is 3. The molecule has 0 saturated heterocycles. The van der Waals surface area contributed by atoms with Gasteiger partial charge in [0.2, 0.25) is 0 Å². The minimum Gasteiger partial charge on any atom is -0.406 e. The van der Waals surface area contributed by atoms with Crippen molar-refractivity contribution < 1.29 is 22.7 Å². The van der Waals surface area contributed by atoms with Crippen molar-refractivity contribution in [1.82, 2.24) is 0 Å². The van der Waals surface area contributed by atoms with Gasteiger partial charge in [-0.25, -0.2) is 0 Å². The van der Waals surface area contributed by atoms with Crippen LogP contribution in [-0.4, -0.2) is 19.3 Å². The van der Waals surface area contributed by atoms with Crippen LogP contribution in [0.15, 0.2) is 42.5 Å². The van der Waals surface area contributed by atoms with Crippen molar-refractivity contribution in [3.8, 4) is 16.9 Å². The van der Waals surface area contributed by atoms with Crippen LogP contribution in [0.25, 0.3) is 11.1 Å². The van der Waals surface area contributed by atoms with E-state index in [-0.39, 0.29) is 5.75 Å². The average molecular weight is 306 g/mol. The van der Waals surface area contributed by atoms with Gasteiger partial charge >= 0.3 is 12.8 Å². The number of anilines is 1. The molecule has 3 rings (SSSR count). The van der Waals surface area contributed by atoms with Gasteiger partial charge < -0.3 is 9.64 Å². The fraction of sp³-hybridized carbons (Fsp3) is 0.188. The predicted octanol–water partition coefficient (Wildman–Crippen LogP) is 3.68. The van der Waals surface area contributed by atoms with Crippen LogP contribution in [0.1, 0.15) is 5.56 Å². The molecule has 1 heterocycles. The Labute approximate surface area is 124 Å². The summed E-state index contributed by atoms with van der Waals surface area (Å²) < 4.78 is 40.3. The fourth-order valence-electron chi connectivity index (χ4n) is 2.64. The highest BCUT2D eigenvalue weighted by Gasteiger charge is 2.31. The summed E-state index contributed by atoms with van der Waals surface area (Å²) in [6.45, 7) is 0.561. The van der Waals surface area contributed by atoms with Gasteiger partial charge in [0.15, 0.2) is 0 Å². The third kappa shape index (κ3) is 2.77. The van der Waals surface area contributed by atoms with E-state index in [1.165, 1.54) is 17.0 Å². The molecule has 0 bridgehead atoms. The molecule has 2 aromatic carbocycles. The van der Waals surface area contributed by atoms with Gasteiger partial charge in [-0.15, -0.1) is 13.2 Å². The molecule has 0 aliphatic carbocycles. The number of carbonyl (C=O) groups excluding carboxylic acids is 1. The van der Waals surface area contributed by atoms with Crippen molar-refractivity contribution in [2.24, 2.45) is 0 Å². The number of amides is 1. The van der Waals surface area contributed by atoms with Gasteiger partial charge in [0.05, 0.1) is 0 Å². The van der Waals surface area contributed by atoms with Crippen molar-refractivity contribution in [3.05, 3.63) is 48.0 Å². The Balaban J connectivity index is 1.93. The molecule has 1 aliphatic rings. The Kier molecular flexibility index (Phi) is 3.52. The SMILES string of the molecule is O=[C]N1CCc2c(-c3ccc(OC(F)(F)F)cc3)cccc21. The summed E-state index contributed by atoms with van der Waals surface area (Å²) in [7, 11) is 0. The first-order chi connectivity index (χ1) is 10.5. The quantitative estimate of drug-likeness (QED) is 0.865. The zero-order chi connectivity index (χ0) is 15.7. The summed E-state index contributed by atoms with van der Waals surface area (Å²) in [5.41, 5.74) is 3.46. The zero-order valence-electron chi connectivity index (χ0n) is 11.4. The molecule has 0 atom stereocenters. The number of alkyl halides is 3. The average Bonchev–Trinajstić information content (AvgIpc) is 2.89. The number of halogens is 3. The molecule has 113 valence electrons. The molecule has 6 heteroatoms. The van der Waals surface area contributed by atoms with Crippen molar-refractivity contribution in [2.45, 2.75) is 12.8 Å². The van der Waals surface area contributed by atoms with Gasteiger partial charge in [-0.3, -0.25) is 4.79 Å². The lowest BCUT2D eigenvalue weighted by atomic mass is 9.98. The largest absolute Gasteiger partial charge is 0.573 e. The highest BCUT2D eigenvalue weighted by atomic mass is 19.4. The Bertz CT molecular complexity index is 696. The van der Waals surface area contributed by atoms with Gasteiger partial charge in [-0.2, -0.15) is 0 Å². The van der Waals surface area contributed by atoms with E-state index in [9.17, 15) is 18.0 Å². The van der Waals surface area contributed by atoms with Crippen LogP contribution in [0.3, 0.4) is 0 Å². The molecule has 0 fully saturated rings. The lowest BCUT2D eigenvalue weighted by Gasteiger charge is -2.12. The van der Waals surface area contributed by atoms with Crippen molar-refractivity contribution >= 4 is 12.1 Å². The molecular weight excluding hydrogens is 295 g/mol. The van der Waals surface area contributed by atoms with E-state index < -0.39 is 6.36 Å². The second-order valence-corrected chi connectivity index (χ2v) is 4.87. The van der Waals surface area contributed by atoms with E-state index in [1.807, 2.05) is 24.6 Å². The summed E-state index contributed by atoms with van der Waals surface area (Å²) in [5, 5.41) is 0. The Hall–Kier alpha value is -2.50. The first-order valence-electron chi connectivity index (χ1n) is 6.61. The summed E-state index contributed by atoms with van der Waals surface area (Å²) in [6, 6.07) is 11.2. The molecule has 22 heavy (non-hydrogen) atoms. The third-order valence-electron chi connectivity index (χ3n) is 3.54. The summed E-state index contributed by atoms with van der Waals surface area (Å²) in [6.07, 6.45) is -2.13. The highest BCUT2D eigenvalue weighted by molar-refractivity contribution is 5.85. The molecule has 1 radical (unpaired) electrons. The number of nitrogens with zero attached hydrogens (tertiary/aromatic N) is 1. The molecular formula is C16H11F3NO2. The van der Waals surface area contributed by atoms with Gasteiger partial charge in [-0.05, 0) is 41.3 Å². The normalized spacial score (nSPS) is 13.9. The van der Waals surface area contributed by atoms with E-state index in [0.717, 1.165) is 22.4 Å². The van der Waals surface area contributed by atoms with Crippen molar-refractivity contribution in [1.29, 1.82) is 0 Å². The number of benzene rings is 2. The molecule has 0 aromatic heterocycles. The maximum absolute atomic E-state index is 12.2. The molecule has 0 unspecified atom stereocenters. The topological polar surface area (TPSA) is 29.5 Å². The van der Waals surface area contributed by atoms with Crippen LogP contribution in [0.5, 0.6) is 5.75 Å². The Morgan fingerprint density at radius 2 is 1.82 bits per heavy atom. The van der Waals surface area contributed by atoms with Crippen LogP contribution in [0.2, 0.25) is 0 Å². The third-order valence-corrected chi connectivity index (χ3v) is 3.54. The lowest BCUT2D eigenvalue weighted by molar-refractivity contribution is -0.274. The smallest absolute Gasteiger partial charge is 0.406 e. The van der Waals surface area contributed by atoms with Gasteiger partial charge in [0.1, 0.15) is 5.75 Å².